The van der Waals surface area contributed by atoms with Crippen LogP contribution >= 0.6 is 23.4 Å². The molecule has 0 bridgehead atoms. The molecule has 2 aromatic rings. The van der Waals surface area contributed by atoms with Crippen molar-refractivity contribution in [3.63, 3.8) is 0 Å². The SMILES string of the molecule is COC(=O)CCS[C@@H](c1ccccc1)c1cccc(Cl)c1. The Labute approximate surface area is 134 Å². The van der Waals surface area contributed by atoms with E-state index < -0.39 is 0 Å². The number of hydrogen-bond acceptors (Lipinski definition) is 3. The number of carbonyl (C=O) groups excluding carboxylic acids is 1. The minimum atomic E-state index is -0.180. The van der Waals surface area contributed by atoms with Crippen molar-refractivity contribution in [1.29, 1.82) is 0 Å². The van der Waals surface area contributed by atoms with Crippen LogP contribution < -0.4 is 0 Å². The van der Waals surface area contributed by atoms with E-state index in [4.69, 9.17) is 11.6 Å². The van der Waals surface area contributed by atoms with Gasteiger partial charge in [-0.1, -0.05) is 54.1 Å². The molecule has 0 aliphatic carbocycles. The first-order chi connectivity index (χ1) is 10.2. The molecule has 0 aliphatic heterocycles. The Hall–Kier alpha value is -1.45. The van der Waals surface area contributed by atoms with Crippen molar-refractivity contribution in [2.24, 2.45) is 0 Å². The van der Waals surface area contributed by atoms with Crippen LogP contribution in [0.25, 0.3) is 0 Å². The number of hydrogen-bond donors (Lipinski definition) is 0. The average Bonchev–Trinajstić information content (AvgIpc) is 2.52. The summed E-state index contributed by atoms with van der Waals surface area (Å²) in [7, 11) is 1.42. The van der Waals surface area contributed by atoms with E-state index in [9.17, 15) is 4.79 Å². The van der Waals surface area contributed by atoms with Crippen molar-refractivity contribution < 1.29 is 9.53 Å². The molecule has 0 fully saturated rings. The lowest BCUT2D eigenvalue weighted by atomic mass is 10.0. The highest BCUT2D eigenvalue weighted by atomic mass is 35.5. The second-order valence-electron chi connectivity index (χ2n) is 4.54. The molecule has 0 heterocycles. The number of halogens is 1. The molecule has 4 heteroatoms. The van der Waals surface area contributed by atoms with Gasteiger partial charge in [0.05, 0.1) is 18.8 Å². The number of thioether (sulfide) groups is 1. The van der Waals surface area contributed by atoms with Gasteiger partial charge in [-0.05, 0) is 23.3 Å². The molecule has 2 aromatic carbocycles. The summed E-state index contributed by atoms with van der Waals surface area (Å²) in [6.45, 7) is 0. The number of rotatable bonds is 6. The maximum Gasteiger partial charge on any atom is 0.306 e. The molecule has 0 spiro atoms. The number of ether oxygens (including phenoxy) is 1. The van der Waals surface area contributed by atoms with Gasteiger partial charge in [0.1, 0.15) is 0 Å². The molecule has 0 unspecified atom stereocenters. The zero-order valence-corrected chi connectivity index (χ0v) is 13.4. The van der Waals surface area contributed by atoms with Crippen molar-refractivity contribution >= 4 is 29.3 Å². The van der Waals surface area contributed by atoms with E-state index in [1.54, 1.807) is 11.8 Å². The maximum absolute atomic E-state index is 11.3. The maximum atomic E-state index is 11.3. The largest absolute Gasteiger partial charge is 0.469 e. The van der Waals surface area contributed by atoms with Gasteiger partial charge < -0.3 is 4.74 Å². The first-order valence-corrected chi connectivity index (χ1v) is 8.12. The van der Waals surface area contributed by atoms with Gasteiger partial charge in [0.25, 0.3) is 0 Å². The van der Waals surface area contributed by atoms with Crippen LogP contribution in [0.5, 0.6) is 0 Å². The van der Waals surface area contributed by atoms with Crippen LogP contribution in [0.4, 0.5) is 0 Å². The Kier molecular flexibility index (Phi) is 6.15. The minimum absolute atomic E-state index is 0.162. The molecule has 0 aliphatic rings. The van der Waals surface area contributed by atoms with Crippen LogP contribution in [0.15, 0.2) is 54.6 Å². The second-order valence-corrected chi connectivity index (χ2v) is 6.19. The quantitative estimate of drug-likeness (QED) is 0.720. The topological polar surface area (TPSA) is 26.3 Å². The van der Waals surface area contributed by atoms with Crippen molar-refractivity contribution in [1.82, 2.24) is 0 Å². The van der Waals surface area contributed by atoms with Crippen LogP contribution in [0.2, 0.25) is 5.02 Å². The summed E-state index contributed by atoms with van der Waals surface area (Å²) in [6, 6.07) is 18.1. The normalized spacial score (nSPS) is 11.9. The number of carbonyl (C=O) groups is 1. The third-order valence-electron chi connectivity index (χ3n) is 3.07. The first-order valence-electron chi connectivity index (χ1n) is 6.69. The Balaban J connectivity index is 2.17. The molecule has 2 rings (SSSR count). The number of esters is 1. The van der Waals surface area contributed by atoms with Crippen molar-refractivity contribution in [2.75, 3.05) is 12.9 Å². The summed E-state index contributed by atoms with van der Waals surface area (Å²) in [5.74, 6) is 0.527. The van der Waals surface area contributed by atoms with E-state index in [0.29, 0.717) is 12.2 Å². The van der Waals surface area contributed by atoms with Gasteiger partial charge in [-0.3, -0.25) is 4.79 Å². The van der Waals surface area contributed by atoms with Crippen LogP contribution in [0.3, 0.4) is 0 Å². The van der Waals surface area contributed by atoms with Gasteiger partial charge in [0.15, 0.2) is 0 Å². The Morgan fingerprint density at radius 3 is 2.52 bits per heavy atom. The predicted molar refractivity (Wildman–Crippen MR) is 88.8 cm³/mol. The Bertz CT molecular complexity index is 586. The van der Waals surface area contributed by atoms with Gasteiger partial charge in [0, 0.05) is 10.8 Å². The summed E-state index contributed by atoms with van der Waals surface area (Å²) in [5, 5.41) is 0.886. The van der Waals surface area contributed by atoms with Crippen molar-refractivity contribution in [2.45, 2.75) is 11.7 Å². The van der Waals surface area contributed by atoms with Crippen molar-refractivity contribution in [3.8, 4) is 0 Å². The lowest BCUT2D eigenvalue weighted by Crippen LogP contribution is -2.04. The van der Waals surface area contributed by atoms with E-state index in [-0.39, 0.29) is 11.2 Å². The predicted octanol–water partition coefficient (Wildman–Crippen LogP) is 4.73. The Morgan fingerprint density at radius 2 is 1.86 bits per heavy atom. The number of methoxy groups -OCH3 is 1. The molecule has 2 nitrogen and oxygen atoms in total. The zero-order valence-electron chi connectivity index (χ0n) is 11.8. The van der Waals surface area contributed by atoms with Gasteiger partial charge in [-0.15, -0.1) is 11.8 Å². The molecule has 21 heavy (non-hydrogen) atoms. The van der Waals surface area contributed by atoms with Gasteiger partial charge in [-0.25, -0.2) is 0 Å². The molecule has 0 saturated heterocycles. The third-order valence-corrected chi connectivity index (χ3v) is 4.62. The molecule has 0 aromatic heterocycles. The van der Waals surface area contributed by atoms with Gasteiger partial charge in [-0.2, -0.15) is 0 Å². The fourth-order valence-electron chi connectivity index (χ4n) is 2.04. The van der Waals surface area contributed by atoms with Crippen LogP contribution in [-0.4, -0.2) is 18.8 Å². The smallest absolute Gasteiger partial charge is 0.306 e. The monoisotopic (exact) mass is 320 g/mol. The lowest BCUT2D eigenvalue weighted by molar-refractivity contribution is -0.140. The first kappa shape index (κ1) is 15.9. The molecule has 0 amide bonds. The highest BCUT2D eigenvalue weighted by molar-refractivity contribution is 7.99. The van der Waals surface area contributed by atoms with Crippen molar-refractivity contribution in [3.05, 3.63) is 70.7 Å². The van der Waals surface area contributed by atoms with Crippen LogP contribution in [0, 0.1) is 0 Å². The summed E-state index contributed by atoms with van der Waals surface area (Å²) in [5.41, 5.74) is 2.35. The molecular formula is C17H17ClO2S. The zero-order chi connectivity index (χ0) is 15.1. The Morgan fingerprint density at radius 1 is 1.14 bits per heavy atom. The van der Waals surface area contributed by atoms with E-state index in [1.165, 1.54) is 12.7 Å². The second kappa shape index (κ2) is 8.11. The van der Waals surface area contributed by atoms with Crippen LogP contribution in [-0.2, 0) is 9.53 Å². The number of benzene rings is 2. The van der Waals surface area contributed by atoms with Gasteiger partial charge in [0.2, 0.25) is 0 Å². The standard InChI is InChI=1S/C17H17ClO2S/c1-20-16(19)10-11-21-17(13-6-3-2-4-7-13)14-8-5-9-15(18)12-14/h2-9,12,17H,10-11H2,1H3/t17-/m0/s1. The van der Waals surface area contributed by atoms with E-state index in [0.717, 1.165) is 10.6 Å². The fourth-order valence-corrected chi connectivity index (χ4v) is 3.45. The fraction of sp³-hybridized carbons (Fsp3) is 0.235. The lowest BCUT2D eigenvalue weighted by Gasteiger charge is -2.17. The third kappa shape index (κ3) is 4.80. The summed E-state index contributed by atoms with van der Waals surface area (Å²) < 4.78 is 4.69. The summed E-state index contributed by atoms with van der Waals surface area (Å²) >= 11 is 7.82. The highest BCUT2D eigenvalue weighted by Crippen LogP contribution is 2.36. The van der Waals surface area contributed by atoms with Crippen LogP contribution in [0.1, 0.15) is 22.8 Å². The van der Waals surface area contributed by atoms with E-state index in [2.05, 4.69) is 22.9 Å². The molecule has 0 saturated carbocycles. The molecule has 0 radical (unpaired) electrons. The summed E-state index contributed by atoms with van der Waals surface area (Å²) in [4.78, 5) is 11.3. The molecule has 1 atom stereocenters. The average molecular weight is 321 g/mol. The summed E-state index contributed by atoms with van der Waals surface area (Å²) in [6.07, 6.45) is 0.408. The van der Waals surface area contributed by atoms with E-state index in [1.807, 2.05) is 36.4 Å². The van der Waals surface area contributed by atoms with E-state index >= 15 is 0 Å². The van der Waals surface area contributed by atoms with Gasteiger partial charge >= 0.3 is 5.97 Å². The molecular weight excluding hydrogens is 304 g/mol. The minimum Gasteiger partial charge on any atom is -0.469 e. The molecule has 110 valence electrons. The molecule has 0 N–H and O–H groups in total. The highest BCUT2D eigenvalue weighted by Gasteiger charge is 2.15.